The van der Waals surface area contributed by atoms with E-state index in [-0.39, 0.29) is 0 Å². The smallest absolute Gasteiger partial charge is 0.179 e. The molecular weight excluding hydrogens is 294 g/mol. The minimum Gasteiger partial charge on any atom is -0.497 e. The Morgan fingerprint density at radius 3 is 2.68 bits per heavy atom. The number of benzene rings is 2. The Morgan fingerprint density at radius 1 is 1.18 bits per heavy atom. The van der Waals surface area contributed by atoms with Gasteiger partial charge in [0.1, 0.15) is 11.2 Å². The number of nitrogens with one attached hydrogen (secondary N) is 2. The van der Waals surface area contributed by atoms with Gasteiger partial charge in [0.05, 0.1) is 12.6 Å². The lowest BCUT2D eigenvalue weighted by atomic mass is 10.1. The van der Waals surface area contributed by atoms with Crippen molar-refractivity contribution >= 4 is 23.1 Å². The zero-order valence-corrected chi connectivity index (χ0v) is 13.1. The van der Waals surface area contributed by atoms with Gasteiger partial charge in [-0.3, -0.25) is 5.41 Å². The number of rotatable bonds is 4. The summed E-state index contributed by atoms with van der Waals surface area (Å²) in [6.07, 6.45) is 0.838. The van der Waals surface area contributed by atoms with Gasteiger partial charge in [-0.1, -0.05) is 30.3 Å². The summed E-state index contributed by atoms with van der Waals surface area (Å²) in [5.74, 6) is 0.737. The molecule has 0 aliphatic carbocycles. The molecule has 0 amide bonds. The van der Waals surface area contributed by atoms with Crippen molar-refractivity contribution in [1.29, 1.82) is 5.41 Å². The van der Waals surface area contributed by atoms with Crippen LogP contribution in [0.4, 0.5) is 0 Å². The van der Waals surface area contributed by atoms with Gasteiger partial charge in [-0.15, -0.1) is 0 Å². The van der Waals surface area contributed by atoms with E-state index in [1.807, 2.05) is 41.0 Å². The second-order valence-corrected chi connectivity index (χ2v) is 5.46. The number of nitrogens with zero attached hydrogens (tertiary/aromatic N) is 1. The molecule has 0 aliphatic heterocycles. The van der Waals surface area contributed by atoms with E-state index in [2.05, 4.69) is 17.1 Å². The highest BCUT2D eigenvalue weighted by Crippen LogP contribution is 2.16. The Hall–Kier alpha value is -2.40. The van der Waals surface area contributed by atoms with E-state index < -0.39 is 0 Å². The van der Waals surface area contributed by atoms with Crippen molar-refractivity contribution in [2.24, 2.45) is 0 Å². The van der Waals surface area contributed by atoms with Crippen LogP contribution in [0.15, 0.2) is 48.5 Å². The molecule has 5 heteroatoms. The van der Waals surface area contributed by atoms with E-state index in [0.29, 0.717) is 16.8 Å². The third-order valence-corrected chi connectivity index (χ3v) is 4.03. The number of aromatic amines is 1. The number of ether oxygens (including phenoxy) is 1. The summed E-state index contributed by atoms with van der Waals surface area (Å²) in [6, 6.07) is 15.8. The fraction of sp³-hybridized carbons (Fsp3) is 0.176. The van der Waals surface area contributed by atoms with Crippen LogP contribution in [0.1, 0.15) is 5.56 Å². The molecule has 0 atom stereocenters. The number of methoxy groups -OCH3 is 1. The van der Waals surface area contributed by atoms with E-state index in [0.717, 1.165) is 23.1 Å². The van der Waals surface area contributed by atoms with Crippen LogP contribution in [0.25, 0.3) is 10.9 Å². The van der Waals surface area contributed by atoms with Gasteiger partial charge in [0.25, 0.3) is 0 Å². The molecule has 3 rings (SSSR count). The zero-order valence-electron chi connectivity index (χ0n) is 12.3. The number of aromatic nitrogens is 2. The number of aryl methyl sites for hydroxylation is 1. The lowest BCUT2D eigenvalue weighted by Gasteiger charge is -2.11. The normalized spacial score (nSPS) is 10.8. The second-order valence-electron chi connectivity index (χ2n) is 5.08. The maximum absolute atomic E-state index is 8.44. The van der Waals surface area contributed by atoms with E-state index in [4.69, 9.17) is 22.4 Å². The number of hydrogen-bond acceptors (Lipinski definition) is 3. The highest BCUT2D eigenvalue weighted by Gasteiger charge is 2.05. The van der Waals surface area contributed by atoms with Crippen LogP contribution in [0.5, 0.6) is 5.75 Å². The predicted octanol–water partition coefficient (Wildman–Crippen LogP) is 3.43. The highest BCUT2D eigenvalue weighted by molar-refractivity contribution is 7.71. The third kappa shape index (κ3) is 2.80. The van der Waals surface area contributed by atoms with Crippen molar-refractivity contribution in [3.05, 3.63) is 64.4 Å². The number of H-pyrrole nitrogens is 1. The van der Waals surface area contributed by atoms with E-state index in [1.165, 1.54) is 5.56 Å². The molecule has 0 saturated heterocycles. The molecule has 0 aliphatic rings. The first-order valence-electron chi connectivity index (χ1n) is 7.08. The minimum absolute atomic E-state index is 0.411. The minimum atomic E-state index is 0.411. The molecule has 0 saturated carbocycles. The maximum atomic E-state index is 8.44. The standard InChI is InChI=1S/C17H17N3OS/c1-21-13-7-8-15-14(11-13)16(18)20(17(22)19-15)10-9-12-5-3-2-4-6-12/h2-8,11,18H,9-10H2,1H3,(H,19,22). The van der Waals surface area contributed by atoms with Crippen molar-refractivity contribution in [1.82, 2.24) is 9.55 Å². The van der Waals surface area contributed by atoms with E-state index in [1.54, 1.807) is 7.11 Å². The highest BCUT2D eigenvalue weighted by atomic mass is 32.1. The molecule has 1 aromatic heterocycles. The molecule has 4 nitrogen and oxygen atoms in total. The fourth-order valence-corrected chi connectivity index (χ4v) is 2.78. The largest absolute Gasteiger partial charge is 0.497 e. The molecule has 1 heterocycles. The van der Waals surface area contributed by atoms with Crippen LogP contribution in [-0.2, 0) is 13.0 Å². The third-order valence-electron chi connectivity index (χ3n) is 3.71. The molecule has 2 aromatic carbocycles. The van der Waals surface area contributed by atoms with Gasteiger partial charge in [-0.2, -0.15) is 0 Å². The first kappa shape index (κ1) is 14.5. The first-order valence-corrected chi connectivity index (χ1v) is 7.49. The topological polar surface area (TPSA) is 53.8 Å². The van der Waals surface area contributed by atoms with Crippen LogP contribution in [0.3, 0.4) is 0 Å². The van der Waals surface area contributed by atoms with Gasteiger partial charge in [0.2, 0.25) is 0 Å². The van der Waals surface area contributed by atoms with E-state index in [9.17, 15) is 0 Å². The number of hydrogen-bond donors (Lipinski definition) is 2. The molecule has 2 N–H and O–H groups in total. The molecule has 0 bridgehead atoms. The molecule has 0 unspecified atom stereocenters. The average molecular weight is 311 g/mol. The fourth-order valence-electron chi connectivity index (χ4n) is 2.48. The lowest BCUT2D eigenvalue weighted by Crippen LogP contribution is -2.23. The van der Waals surface area contributed by atoms with Crippen molar-refractivity contribution < 1.29 is 4.74 Å². The van der Waals surface area contributed by atoms with Crippen LogP contribution in [-0.4, -0.2) is 16.7 Å². The first-order chi connectivity index (χ1) is 10.7. The Labute approximate surface area is 133 Å². The molecule has 0 spiro atoms. The van der Waals surface area contributed by atoms with E-state index >= 15 is 0 Å². The second kappa shape index (κ2) is 6.15. The van der Waals surface area contributed by atoms with Crippen molar-refractivity contribution in [2.75, 3.05) is 7.11 Å². The molecule has 22 heavy (non-hydrogen) atoms. The Bertz CT molecular complexity index is 913. The summed E-state index contributed by atoms with van der Waals surface area (Å²) >= 11 is 5.40. The summed E-state index contributed by atoms with van der Waals surface area (Å²) in [6.45, 7) is 0.672. The number of fused-ring (bicyclic) bond motifs is 1. The van der Waals surface area contributed by atoms with Crippen molar-refractivity contribution in [2.45, 2.75) is 13.0 Å². The average Bonchev–Trinajstić information content (AvgIpc) is 2.55. The monoisotopic (exact) mass is 311 g/mol. The summed E-state index contributed by atoms with van der Waals surface area (Å²) in [7, 11) is 1.62. The molecule has 0 radical (unpaired) electrons. The van der Waals surface area contributed by atoms with Crippen LogP contribution < -0.4 is 10.2 Å². The van der Waals surface area contributed by atoms with Gasteiger partial charge in [0, 0.05) is 11.9 Å². The van der Waals surface area contributed by atoms with Gasteiger partial charge in [-0.05, 0) is 42.4 Å². The summed E-state index contributed by atoms with van der Waals surface area (Å²) in [5, 5.41) is 9.25. The molecule has 112 valence electrons. The van der Waals surface area contributed by atoms with Crippen molar-refractivity contribution in [3.63, 3.8) is 0 Å². The molecule has 3 aromatic rings. The zero-order chi connectivity index (χ0) is 15.5. The van der Waals surface area contributed by atoms with Gasteiger partial charge >= 0.3 is 0 Å². The van der Waals surface area contributed by atoms with Gasteiger partial charge in [0.15, 0.2) is 4.77 Å². The Balaban J connectivity index is 2.02. The van der Waals surface area contributed by atoms with Crippen LogP contribution in [0.2, 0.25) is 0 Å². The lowest BCUT2D eigenvalue weighted by molar-refractivity contribution is 0.415. The SMILES string of the molecule is COc1ccc2[nH]c(=S)n(CCc3ccccc3)c(=N)c2c1. The quantitative estimate of drug-likeness (QED) is 0.725. The molecule has 0 fully saturated rings. The van der Waals surface area contributed by atoms with Crippen LogP contribution >= 0.6 is 12.2 Å². The van der Waals surface area contributed by atoms with Crippen LogP contribution in [0, 0.1) is 10.2 Å². The summed E-state index contributed by atoms with van der Waals surface area (Å²) in [4.78, 5) is 3.19. The molecular formula is C17H17N3OS. The summed E-state index contributed by atoms with van der Waals surface area (Å²) < 4.78 is 7.64. The Kier molecular flexibility index (Phi) is 4.06. The summed E-state index contributed by atoms with van der Waals surface area (Å²) in [5.41, 5.74) is 2.50. The predicted molar refractivity (Wildman–Crippen MR) is 89.7 cm³/mol. The van der Waals surface area contributed by atoms with Gasteiger partial charge < -0.3 is 14.3 Å². The van der Waals surface area contributed by atoms with Gasteiger partial charge in [-0.25, -0.2) is 0 Å². The Morgan fingerprint density at radius 2 is 1.95 bits per heavy atom. The van der Waals surface area contributed by atoms with Crippen molar-refractivity contribution in [3.8, 4) is 5.75 Å². The maximum Gasteiger partial charge on any atom is 0.179 e.